The zero-order valence-electron chi connectivity index (χ0n) is 18.4. The lowest BCUT2D eigenvalue weighted by Gasteiger charge is -2.29. The summed E-state index contributed by atoms with van der Waals surface area (Å²) in [5.74, 6) is 0.00303. The summed E-state index contributed by atoms with van der Waals surface area (Å²) in [5.41, 5.74) is 3.33. The van der Waals surface area contributed by atoms with Crippen molar-refractivity contribution in [2.75, 3.05) is 51.8 Å². The van der Waals surface area contributed by atoms with Gasteiger partial charge in [0.2, 0.25) is 5.91 Å². The number of hydrogen-bond acceptors (Lipinski definition) is 4. The Morgan fingerprint density at radius 3 is 2.19 bits per heavy atom. The van der Waals surface area contributed by atoms with Crippen LogP contribution in [0.15, 0.2) is 54.6 Å². The molecule has 1 aliphatic rings. The number of nitrogens with zero attached hydrogens (tertiary/aromatic N) is 3. The van der Waals surface area contributed by atoms with Gasteiger partial charge in [-0.1, -0.05) is 42.5 Å². The van der Waals surface area contributed by atoms with Crippen LogP contribution in [0.5, 0.6) is 0 Å². The molecule has 0 atom stereocenters. The SMILES string of the molecule is CN(Cc1ccc(N2CCOCC2)cc1)C(=O)CCNC(=O)N(C)Cc1ccccc1. The van der Waals surface area contributed by atoms with E-state index in [-0.39, 0.29) is 18.4 Å². The second-order valence-corrected chi connectivity index (χ2v) is 7.84. The number of benzene rings is 2. The van der Waals surface area contributed by atoms with Gasteiger partial charge in [-0.05, 0) is 23.3 Å². The highest BCUT2D eigenvalue weighted by molar-refractivity contribution is 5.78. The molecular weight excluding hydrogens is 392 g/mol. The Labute approximate surface area is 184 Å². The first-order valence-corrected chi connectivity index (χ1v) is 10.7. The molecule has 0 aromatic heterocycles. The highest BCUT2D eigenvalue weighted by Crippen LogP contribution is 2.17. The molecule has 2 aromatic rings. The third-order valence-electron chi connectivity index (χ3n) is 5.38. The van der Waals surface area contributed by atoms with E-state index in [4.69, 9.17) is 4.74 Å². The molecule has 0 unspecified atom stereocenters. The van der Waals surface area contributed by atoms with Crippen molar-refractivity contribution in [1.82, 2.24) is 15.1 Å². The van der Waals surface area contributed by atoms with Crippen LogP contribution < -0.4 is 10.2 Å². The Balaban J connectivity index is 1.38. The van der Waals surface area contributed by atoms with E-state index >= 15 is 0 Å². The molecule has 0 bridgehead atoms. The topological polar surface area (TPSA) is 65.1 Å². The van der Waals surface area contributed by atoms with Gasteiger partial charge in [0.25, 0.3) is 0 Å². The lowest BCUT2D eigenvalue weighted by molar-refractivity contribution is -0.130. The van der Waals surface area contributed by atoms with E-state index in [2.05, 4.69) is 34.5 Å². The van der Waals surface area contributed by atoms with E-state index < -0.39 is 0 Å². The van der Waals surface area contributed by atoms with Gasteiger partial charge >= 0.3 is 6.03 Å². The molecule has 1 N–H and O–H groups in total. The van der Waals surface area contributed by atoms with Crippen molar-refractivity contribution in [2.24, 2.45) is 0 Å². The zero-order chi connectivity index (χ0) is 22.1. The Morgan fingerprint density at radius 2 is 1.52 bits per heavy atom. The van der Waals surface area contributed by atoms with Crippen LogP contribution in [0.25, 0.3) is 0 Å². The highest BCUT2D eigenvalue weighted by atomic mass is 16.5. The molecule has 2 aromatic carbocycles. The molecule has 0 spiro atoms. The van der Waals surface area contributed by atoms with Gasteiger partial charge < -0.3 is 24.8 Å². The molecule has 1 aliphatic heterocycles. The number of amides is 3. The number of morpholine rings is 1. The molecule has 0 radical (unpaired) electrons. The van der Waals surface area contributed by atoms with Crippen molar-refractivity contribution in [3.8, 4) is 0 Å². The molecule has 0 aliphatic carbocycles. The third kappa shape index (κ3) is 7.00. The molecule has 1 fully saturated rings. The van der Waals surface area contributed by atoms with Gasteiger partial charge in [-0.15, -0.1) is 0 Å². The van der Waals surface area contributed by atoms with Crippen molar-refractivity contribution in [1.29, 1.82) is 0 Å². The van der Waals surface area contributed by atoms with Crippen molar-refractivity contribution in [2.45, 2.75) is 19.5 Å². The summed E-state index contributed by atoms with van der Waals surface area (Å²) in [5, 5.41) is 2.82. The van der Waals surface area contributed by atoms with E-state index in [0.29, 0.717) is 19.6 Å². The van der Waals surface area contributed by atoms with Gasteiger partial charge in [0.15, 0.2) is 0 Å². The predicted molar refractivity (Wildman–Crippen MR) is 122 cm³/mol. The molecule has 3 amide bonds. The summed E-state index contributed by atoms with van der Waals surface area (Å²) < 4.78 is 5.40. The van der Waals surface area contributed by atoms with Gasteiger partial charge in [0.1, 0.15) is 0 Å². The van der Waals surface area contributed by atoms with E-state index in [1.54, 1.807) is 23.9 Å². The molecule has 7 heteroatoms. The normalized spacial score (nSPS) is 13.5. The van der Waals surface area contributed by atoms with E-state index in [0.717, 1.165) is 37.4 Å². The summed E-state index contributed by atoms with van der Waals surface area (Å²) in [6.45, 7) is 4.73. The molecule has 3 rings (SSSR count). The monoisotopic (exact) mass is 424 g/mol. The van der Waals surface area contributed by atoms with Crippen LogP contribution in [-0.4, -0.2) is 68.7 Å². The van der Waals surface area contributed by atoms with Gasteiger partial charge in [-0.3, -0.25) is 4.79 Å². The van der Waals surface area contributed by atoms with E-state index in [9.17, 15) is 9.59 Å². The first-order valence-electron chi connectivity index (χ1n) is 10.7. The van der Waals surface area contributed by atoms with Crippen molar-refractivity contribution in [3.05, 3.63) is 65.7 Å². The maximum absolute atomic E-state index is 12.4. The number of carbonyl (C=O) groups excluding carboxylic acids is 2. The van der Waals surface area contributed by atoms with Crippen LogP contribution in [0.1, 0.15) is 17.5 Å². The fraction of sp³-hybridized carbons (Fsp3) is 0.417. The summed E-state index contributed by atoms with van der Waals surface area (Å²) in [6.07, 6.45) is 0.271. The number of carbonyl (C=O) groups is 2. The maximum Gasteiger partial charge on any atom is 0.317 e. The summed E-state index contributed by atoms with van der Waals surface area (Å²) in [7, 11) is 3.54. The third-order valence-corrected chi connectivity index (χ3v) is 5.38. The summed E-state index contributed by atoms with van der Waals surface area (Å²) in [6, 6.07) is 18.0. The maximum atomic E-state index is 12.4. The number of urea groups is 1. The van der Waals surface area contributed by atoms with Gasteiger partial charge in [0, 0.05) is 58.9 Å². The average Bonchev–Trinajstić information content (AvgIpc) is 2.80. The highest BCUT2D eigenvalue weighted by Gasteiger charge is 2.14. The van der Waals surface area contributed by atoms with Crippen molar-refractivity contribution >= 4 is 17.6 Å². The van der Waals surface area contributed by atoms with Crippen molar-refractivity contribution < 1.29 is 14.3 Å². The first-order chi connectivity index (χ1) is 15.0. The Bertz CT molecular complexity index is 836. The molecule has 0 saturated carbocycles. The van der Waals surface area contributed by atoms with Crippen LogP contribution in [0.3, 0.4) is 0 Å². The van der Waals surface area contributed by atoms with Crippen LogP contribution in [0.2, 0.25) is 0 Å². The van der Waals surface area contributed by atoms with Crippen LogP contribution in [0, 0.1) is 0 Å². The Hall–Kier alpha value is -3.06. The van der Waals surface area contributed by atoms with Gasteiger partial charge in [-0.25, -0.2) is 4.79 Å². The molecule has 7 nitrogen and oxygen atoms in total. The standard InChI is InChI=1S/C24H32N4O3/c1-26(18-21-8-10-22(11-9-21)28-14-16-31-17-15-28)23(29)12-13-25-24(30)27(2)19-20-6-4-3-5-7-20/h3-11H,12-19H2,1-2H3,(H,25,30). The predicted octanol–water partition coefficient (Wildman–Crippen LogP) is 2.71. The fourth-order valence-corrected chi connectivity index (χ4v) is 3.53. The van der Waals surface area contributed by atoms with Crippen LogP contribution in [0.4, 0.5) is 10.5 Å². The number of nitrogens with one attached hydrogen (secondary N) is 1. The largest absolute Gasteiger partial charge is 0.378 e. The second-order valence-electron chi connectivity index (χ2n) is 7.84. The number of anilines is 1. The number of rotatable bonds is 8. The lowest BCUT2D eigenvalue weighted by Crippen LogP contribution is -2.39. The van der Waals surface area contributed by atoms with Gasteiger partial charge in [0.05, 0.1) is 13.2 Å². The van der Waals surface area contributed by atoms with Gasteiger partial charge in [-0.2, -0.15) is 0 Å². The number of hydrogen-bond donors (Lipinski definition) is 1. The molecular formula is C24H32N4O3. The molecule has 166 valence electrons. The van der Waals surface area contributed by atoms with E-state index in [1.807, 2.05) is 30.3 Å². The average molecular weight is 425 g/mol. The minimum atomic E-state index is -0.182. The quantitative estimate of drug-likeness (QED) is 0.708. The summed E-state index contributed by atoms with van der Waals surface area (Å²) >= 11 is 0. The fourth-order valence-electron chi connectivity index (χ4n) is 3.53. The van der Waals surface area contributed by atoms with Crippen LogP contribution >= 0.6 is 0 Å². The molecule has 31 heavy (non-hydrogen) atoms. The lowest BCUT2D eigenvalue weighted by atomic mass is 10.1. The minimum Gasteiger partial charge on any atom is -0.378 e. The zero-order valence-corrected chi connectivity index (χ0v) is 18.4. The second kappa shape index (κ2) is 11.4. The van der Waals surface area contributed by atoms with Crippen LogP contribution in [-0.2, 0) is 22.6 Å². The minimum absolute atomic E-state index is 0.00303. The van der Waals surface area contributed by atoms with Crippen molar-refractivity contribution in [3.63, 3.8) is 0 Å². The molecule has 1 saturated heterocycles. The Morgan fingerprint density at radius 1 is 0.903 bits per heavy atom. The van der Waals surface area contributed by atoms with E-state index in [1.165, 1.54) is 5.69 Å². The smallest absolute Gasteiger partial charge is 0.317 e. The Kier molecular flexibility index (Phi) is 8.29. The summed E-state index contributed by atoms with van der Waals surface area (Å²) in [4.78, 5) is 30.3. The number of ether oxygens (including phenoxy) is 1. The first kappa shape index (κ1) is 22.6. The molecule has 1 heterocycles.